The maximum Gasteiger partial charge on any atom is 0.243 e. The molecule has 3 nitrogen and oxygen atoms in total. The van der Waals surface area contributed by atoms with Gasteiger partial charge in [0.15, 0.2) is 0 Å². The van der Waals surface area contributed by atoms with E-state index in [0.29, 0.717) is 12.1 Å². The van der Waals surface area contributed by atoms with Crippen molar-refractivity contribution in [2.45, 2.75) is 83.7 Å². The maximum absolute atomic E-state index is 13.0. The second-order valence-corrected chi connectivity index (χ2v) is 6.45. The molecule has 0 radical (unpaired) electrons. The van der Waals surface area contributed by atoms with E-state index in [9.17, 15) is 10.1 Å². The Labute approximate surface area is 117 Å². The molecule has 1 aliphatic heterocycles. The van der Waals surface area contributed by atoms with Gasteiger partial charge in [-0.25, -0.2) is 0 Å². The predicted octanol–water partition coefficient (Wildman–Crippen LogP) is 3.64. The Morgan fingerprint density at radius 2 is 1.58 bits per heavy atom. The SMILES string of the molecule is CC1CCCC(C)N1C(=O)C1(C#N)CCCCCC1. The van der Waals surface area contributed by atoms with Gasteiger partial charge in [-0.15, -0.1) is 0 Å². The van der Waals surface area contributed by atoms with Crippen LogP contribution in [0.25, 0.3) is 0 Å². The van der Waals surface area contributed by atoms with Gasteiger partial charge >= 0.3 is 0 Å². The van der Waals surface area contributed by atoms with Gasteiger partial charge in [0.05, 0.1) is 6.07 Å². The summed E-state index contributed by atoms with van der Waals surface area (Å²) in [6.07, 6.45) is 9.27. The van der Waals surface area contributed by atoms with E-state index >= 15 is 0 Å². The summed E-state index contributed by atoms with van der Waals surface area (Å²) in [5.41, 5.74) is -0.726. The number of hydrogen-bond acceptors (Lipinski definition) is 2. The van der Waals surface area contributed by atoms with Gasteiger partial charge in [-0.1, -0.05) is 25.7 Å². The smallest absolute Gasteiger partial charge is 0.243 e. The number of carbonyl (C=O) groups excluding carboxylic acids is 1. The fourth-order valence-corrected chi connectivity index (χ4v) is 3.77. The average molecular weight is 262 g/mol. The van der Waals surface area contributed by atoms with Crippen molar-refractivity contribution in [3.63, 3.8) is 0 Å². The standard InChI is InChI=1S/C16H26N2O/c1-13-8-7-9-14(2)18(13)15(19)16(12-17)10-5-3-4-6-11-16/h13-14H,3-11H2,1-2H3. The molecule has 0 N–H and O–H groups in total. The topological polar surface area (TPSA) is 44.1 Å². The first kappa shape index (κ1) is 14.4. The summed E-state index contributed by atoms with van der Waals surface area (Å²) in [5.74, 6) is 0.122. The van der Waals surface area contributed by atoms with Gasteiger partial charge in [-0.3, -0.25) is 4.79 Å². The minimum Gasteiger partial charge on any atom is -0.336 e. The molecule has 1 heterocycles. The van der Waals surface area contributed by atoms with Crippen molar-refractivity contribution in [1.82, 2.24) is 4.90 Å². The molecule has 0 bridgehead atoms. The summed E-state index contributed by atoms with van der Waals surface area (Å²) >= 11 is 0. The molecule has 1 amide bonds. The van der Waals surface area contributed by atoms with Gasteiger partial charge in [0, 0.05) is 12.1 Å². The highest BCUT2D eigenvalue weighted by Gasteiger charge is 2.44. The fraction of sp³-hybridized carbons (Fsp3) is 0.875. The third-order valence-corrected chi connectivity index (χ3v) is 5.01. The van der Waals surface area contributed by atoms with Gasteiger partial charge in [0.25, 0.3) is 0 Å². The minimum absolute atomic E-state index is 0.122. The first-order valence-corrected chi connectivity index (χ1v) is 7.85. The van der Waals surface area contributed by atoms with Crippen LogP contribution in [0.4, 0.5) is 0 Å². The molecule has 0 spiro atoms. The summed E-state index contributed by atoms with van der Waals surface area (Å²) in [6.45, 7) is 4.27. The highest BCUT2D eigenvalue weighted by atomic mass is 16.2. The Kier molecular flexibility index (Phi) is 4.50. The lowest BCUT2D eigenvalue weighted by atomic mass is 9.79. The largest absolute Gasteiger partial charge is 0.336 e. The van der Waals surface area contributed by atoms with Crippen LogP contribution in [0.1, 0.15) is 71.6 Å². The normalized spacial score (nSPS) is 31.3. The van der Waals surface area contributed by atoms with E-state index < -0.39 is 5.41 Å². The number of amides is 1. The molecule has 19 heavy (non-hydrogen) atoms. The van der Waals surface area contributed by atoms with Crippen molar-refractivity contribution in [3.8, 4) is 6.07 Å². The van der Waals surface area contributed by atoms with Crippen LogP contribution in [0.2, 0.25) is 0 Å². The van der Waals surface area contributed by atoms with E-state index in [0.717, 1.165) is 38.5 Å². The molecule has 1 saturated carbocycles. The van der Waals surface area contributed by atoms with Gasteiger partial charge in [0.1, 0.15) is 5.41 Å². The molecule has 2 aliphatic rings. The lowest BCUT2D eigenvalue weighted by Gasteiger charge is -2.43. The van der Waals surface area contributed by atoms with Crippen molar-refractivity contribution in [2.24, 2.45) is 5.41 Å². The molecular weight excluding hydrogens is 236 g/mol. The van der Waals surface area contributed by atoms with Crippen LogP contribution >= 0.6 is 0 Å². The molecule has 106 valence electrons. The Balaban J connectivity index is 2.21. The number of likely N-dealkylation sites (tertiary alicyclic amines) is 1. The van der Waals surface area contributed by atoms with E-state index in [1.54, 1.807) is 0 Å². The van der Waals surface area contributed by atoms with Crippen molar-refractivity contribution < 1.29 is 4.79 Å². The van der Waals surface area contributed by atoms with Crippen LogP contribution in [0, 0.1) is 16.7 Å². The molecule has 2 atom stereocenters. The summed E-state index contributed by atoms with van der Waals surface area (Å²) in [4.78, 5) is 15.0. The zero-order valence-electron chi connectivity index (χ0n) is 12.3. The minimum atomic E-state index is -0.726. The number of rotatable bonds is 1. The Hall–Kier alpha value is -1.04. The van der Waals surface area contributed by atoms with Crippen LogP contribution in [-0.4, -0.2) is 22.9 Å². The fourth-order valence-electron chi connectivity index (χ4n) is 3.77. The Bertz CT molecular complexity index is 353. The van der Waals surface area contributed by atoms with Crippen molar-refractivity contribution in [1.29, 1.82) is 5.26 Å². The molecule has 1 aliphatic carbocycles. The second-order valence-electron chi connectivity index (χ2n) is 6.45. The van der Waals surface area contributed by atoms with Gasteiger partial charge < -0.3 is 4.90 Å². The van der Waals surface area contributed by atoms with E-state index in [1.807, 2.05) is 4.90 Å². The summed E-state index contributed by atoms with van der Waals surface area (Å²) < 4.78 is 0. The average Bonchev–Trinajstić information content (AvgIpc) is 2.64. The van der Waals surface area contributed by atoms with Crippen molar-refractivity contribution in [3.05, 3.63) is 0 Å². The molecule has 0 aromatic heterocycles. The summed E-state index contributed by atoms with van der Waals surface area (Å²) in [5, 5.41) is 9.64. The van der Waals surface area contributed by atoms with E-state index in [2.05, 4.69) is 19.9 Å². The van der Waals surface area contributed by atoms with Crippen LogP contribution < -0.4 is 0 Å². The van der Waals surface area contributed by atoms with Gasteiger partial charge in [-0.2, -0.15) is 5.26 Å². The molecule has 0 aromatic rings. The molecule has 3 heteroatoms. The van der Waals surface area contributed by atoms with Gasteiger partial charge in [-0.05, 0) is 46.0 Å². The van der Waals surface area contributed by atoms with E-state index in [-0.39, 0.29) is 5.91 Å². The van der Waals surface area contributed by atoms with Crippen LogP contribution in [0.15, 0.2) is 0 Å². The maximum atomic E-state index is 13.0. The number of carbonyl (C=O) groups is 1. The summed E-state index contributed by atoms with van der Waals surface area (Å²) in [6, 6.07) is 3.00. The van der Waals surface area contributed by atoms with Crippen molar-refractivity contribution in [2.75, 3.05) is 0 Å². The third-order valence-electron chi connectivity index (χ3n) is 5.01. The first-order valence-electron chi connectivity index (χ1n) is 7.85. The van der Waals surface area contributed by atoms with Gasteiger partial charge in [0.2, 0.25) is 5.91 Å². The highest BCUT2D eigenvalue weighted by Crippen LogP contribution is 2.38. The van der Waals surface area contributed by atoms with Crippen molar-refractivity contribution >= 4 is 5.91 Å². The molecule has 1 saturated heterocycles. The van der Waals surface area contributed by atoms with Crippen LogP contribution in [0.5, 0.6) is 0 Å². The predicted molar refractivity (Wildman–Crippen MR) is 75.4 cm³/mol. The van der Waals surface area contributed by atoms with E-state index in [1.165, 1.54) is 19.3 Å². The van der Waals surface area contributed by atoms with Crippen LogP contribution in [-0.2, 0) is 4.79 Å². The lowest BCUT2D eigenvalue weighted by molar-refractivity contribution is -0.146. The summed E-state index contributed by atoms with van der Waals surface area (Å²) in [7, 11) is 0. The zero-order chi connectivity index (χ0) is 13.9. The van der Waals surface area contributed by atoms with Crippen LogP contribution in [0.3, 0.4) is 0 Å². The Morgan fingerprint density at radius 1 is 1.05 bits per heavy atom. The Morgan fingerprint density at radius 3 is 2.05 bits per heavy atom. The number of nitrogens with zero attached hydrogens (tertiary/aromatic N) is 2. The molecule has 2 fully saturated rings. The first-order chi connectivity index (χ1) is 9.10. The molecular formula is C16H26N2O. The van der Waals surface area contributed by atoms with E-state index in [4.69, 9.17) is 0 Å². The zero-order valence-corrected chi connectivity index (χ0v) is 12.3. The molecule has 2 rings (SSSR count). The quantitative estimate of drug-likeness (QED) is 0.677. The monoisotopic (exact) mass is 262 g/mol. The number of hydrogen-bond donors (Lipinski definition) is 0. The lowest BCUT2D eigenvalue weighted by Crippen LogP contribution is -2.53. The molecule has 2 unspecified atom stereocenters. The highest BCUT2D eigenvalue weighted by molar-refractivity contribution is 5.86. The number of nitriles is 1. The molecule has 0 aromatic carbocycles. The third kappa shape index (κ3) is 2.78. The second kappa shape index (κ2) is 5.94. The number of piperidine rings is 1.